The molecule has 0 aliphatic heterocycles. The van der Waals surface area contributed by atoms with Crippen molar-refractivity contribution in [3.63, 3.8) is 0 Å². The molecule has 0 heterocycles. The number of nitrogens with two attached hydrogens (primary N) is 1. The Kier molecular flexibility index (Phi) is 2.97. The number of anilines is 1. The normalized spacial score (nSPS) is 12.9. The molecule has 1 rings (SSSR count). The first kappa shape index (κ1) is 12.9. The van der Waals surface area contributed by atoms with Gasteiger partial charge in [-0.25, -0.2) is 0 Å². The van der Waals surface area contributed by atoms with Crippen molar-refractivity contribution in [1.82, 2.24) is 0 Å². The predicted octanol–water partition coefficient (Wildman–Crippen LogP) is 3.57. The zero-order valence-electron chi connectivity index (χ0n) is 11.2. The van der Waals surface area contributed by atoms with Crippen LogP contribution in [0.1, 0.15) is 52.7 Å². The first-order valence-corrected chi connectivity index (χ1v) is 5.67. The molecule has 90 valence electrons. The predicted molar refractivity (Wildman–Crippen MR) is 69.9 cm³/mol. The molecule has 0 radical (unpaired) electrons. The Morgan fingerprint density at radius 1 is 0.875 bits per heavy atom. The third kappa shape index (κ3) is 2.31. The largest absolute Gasteiger partial charge is 0.505 e. The standard InChI is InChI=1S/C14H23NO/c1-13(2,3)9-7-8-10(14(4,5)6)12(16)11(9)15/h7-8,16H,15H2,1-6H3. The van der Waals surface area contributed by atoms with Crippen LogP contribution in [0.3, 0.4) is 0 Å². The van der Waals surface area contributed by atoms with Crippen molar-refractivity contribution in [1.29, 1.82) is 0 Å². The van der Waals surface area contributed by atoms with E-state index in [1.165, 1.54) is 0 Å². The Labute approximate surface area is 98.5 Å². The molecule has 0 spiro atoms. The van der Waals surface area contributed by atoms with Crippen molar-refractivity contribution in [2.24, 2.45) is 0 Å². The zero-order chi connectivity index (χ0) is 12.7. The van der Waals surface area contributed by atoms with E-state index in [1.54, 1.807) is 0 Å². The van der Waals surface area contributed by atoms with Crippen LogP contribution < -0.4 is 5.73 Å². The number of nitrogen functional groups attached to an aromatic ring is 1. The summed E-state index contributed by atoms with van der Waals surface area (Å²) in [6.45, 7) is 12.5. The number of rotatable bonds is 0. The number of aromatic hydroxyl groups is 1. The summed E-state index contributed by atoms with van der Waals surface area (Å²) in [6, 6.07) is 4.00. The highest BCUT2D eigenvalue weighted by Crippen LogP contribution is 2.40. The van der Waals surface area contributed by atoms with Gasteiger partial charge in [0.25, 0.3) is 0 Å². The molecule has 0 unspecified atom stereocenters. The van der Waals surface area contributed by atoms with Crippen molar-refractivity contribution in [2.75, 3.05) is 5.73 Å². The van der Waals surface area contributed by atoms with E-state index in [1.807, 2.05) is 12.1 Å². The van der Waals surface area contributed by atoms with Crippen LogP contribution in [-0.4, -0.2) is 5.11 Å². The van der Waals surface area contributed by atoms with Crippen LogP contribution in [0, 0.1) is 0 Å². The van der Waals surface area contributed by atoms with Crippen LogP contribution >= 0.6 is 0 Å². The summed E-state index contributed by atoms with van der Waals surface area (Å²) in [6.07, 6.45) is 0. The lowest BCUT2D eigenvalue weighted by atomic mass is 9.80. The van der Waals surface area contributed by atoms with Crippen molar-refractivity contribution in [3.05, 3.63) is 23.3 Å². The smallest absolute Gasteiger partial charge is 0.142 e. The van der Waals surface area contributed by atoms with E-state index in [0.717, 1.165) is 11.1 Å². The van der Waals surface area contributed by atoms with Crippen molar-refractivity contribution >= 4 is 5.69 Å². The minimum Gasteiger partial charge on any atom is -0.505 e. The van der Waals surface area contributed by atoms with E-state index in [2.05, 4.69) is 41.5 Å². The maximum absolute atomic E-state index is 10.2. The molecular weight excluding hydrogens is 198 g/mol. The first-order chi connectivity index (χ1) is 7.05. The highest BCUT2D eigenvalue weighted by atomic mass is 16.3. The fraction of sp³-hybridized carbons (Fsp3) is 0.571. The first-order valence-electron chi connectivity index (χ1n) is 5.67. The van der Waals surface area contributed by atoms with Gasteiger partial charge in [0.1, 0.15) is 5.75 Å². The van der Waals surface area contributed by atoms with Gasteiger partial charge in [0.15, 0.2) is 0 Å². The van der Waals surface area contributed by atoms with E-state index in [4.69, 9.17) is 5.73 Å². The fourth-order valence-electron chi connectivity index (χ4n) is 1.87. The topological polar surface area (TPSA) is 46.2 Å². The maximum atomic E-state index is 10.2. The monoisotopic (exact) mass is 221 g/mol. The Morgan fingerprint density at radius 2 is 1.25 bits per heavy atom. The summed E-state index contributed by atoms with van der Waals surface area (Å²) < 4.78 is 0. The molecule has 1 aromatic rings. The minimum atomic E-state index is -0.0887. The maximum Gasteiger partial charge on any atom is 0.142 e. The Balaban J connectivity index is 3.41. The van der Waals surface area contributed by atoms with E-state index in [9.17, 15) is 5.11 Å². The average molecular weight is 221 g/mol. The molecule has 0 atom stereocenters. The minimum absolute atomic E-state index is 0.0437. The number of benzene rings is 1. The summed E-state index contributed by atoms with van der Waals surface area (Å²) in [5.74, 6) is 0.236. The van der Waals surface area contributed by atoms with E-state index >= 15 is 0 Å². The molecule has 3 N–H and O–H groups in total. The Hall–Kier alpha value is -1.18. The van der Waals surface area contributed by atoms with Gasteiger partial charge in [-0.15, -0.1) is 0 Å². The molecule has 0 aliphatic rings. The molecule has 2 nitrogen and oxygen atoms in total. The second kappa shape index (κ2) is 3.69. The van der Waals surface area contributed by atoms with E-state index in [-0.39, 0.29) is 16.6 Å². The van der Waals surface area contributed by atoms with Crippen LogP contribution in [-0.2, 0) is 10.8 Å². The van der Waals surface area contributed by atoms with Crippen LogP contribution in [0.15, 0.2) is 12.1 Å². The van der Waals surface area contributed by atoms with Gasteiger partial charge in [-0.2, -0.15) is 0 Å². The molecule has 0 saturated carbocycles. The van der Waals surface area contributed by atoms with Crippen LogP contribution in [0.2, 0.25) is 0 Å². The molecule has 16 heavy (non-hydrogen) atoms. The summed E-state index contributed by atoms with van der Waals surface area (Å²) in [5.41, 5.74) is 8.30. The highest BCUT2D eigenvalue weighted by molar-refractivity contribution is 5.64. The number of hydrogen-bond acceptors (Lipinski definition) is 2. The molecule has 0 fully saturated rings. The fourth-order valence-corrected chi connectivity index (χ4v) is 1.87. The zero-order valence-corrected chi connectivity index (χ0v) is 11.2. The lowest BCUT2D eigenvalue weighted by molar-refractivity contribution is 0.446. The van der Waals surface area contributed by atoms with Gasteiger partial charge >= 0.3 is 0 Å². The van der Waals surface area contributed by atoms with E-state index in [0.29, 0.717) is 5.69 Å². The summed E-state index contributed by atoms with van der Waals surface area (Å²) in [4.78, 5) is 0. The summed E-state index contributed by atoms with van der Waals surface area (Å²) in [5, 5.41) is 10.2. The molecule has 0 aliphatic carbocycles. The van der Waals surface area contributed by atoms with Crippen molar-refractivity contribution < 1.29 is 5.11 Å². The number of phenols is 1. The lowest BCUT2D eigenvalue weighted by Crippen LogP contribution is -2.17. The summed E-state index contributed by atoms with van der Waals surface area (Å²) in [7, 11) is 0. The number of phenolic OH excluding ortho intramolecular Hbond substituents is 1. The molecule has 0 bridgehead atoms. The second-order valence-corrected chi connectivity index (χ2v) is 6.42. The van der Waals surface area contributed by atoms with Crippen LogP contribution in [0.5, 0.6) is 5.75 Å². The third-order valence-corrected chi connectivity index (χ3v) is 2.83. The third-order valence-electron chi connectivity index (χ3n) is 2.83. The van der Waals surface area contributed by atoms with Gasteiger partial charge < -0.3 is 10.8 Å². The lowest BCUT2D eigenvalue weighted by Gasteiger charge is -2.26. The molecule has 2 heteroatoms. The van der Waals surface area contributed by atoms with Gasteiger partial charge in [0, 0.05) is 5.56 Å². The quantitative estimate of drug-likeness (QED) is 0.519. The Bertz CT molecular complexity index is 355. The number of hydrogen-bond donors (Lipinski definition) is 2. The van der Waals surface area contributed by atoms with Crippen LogP contribution in [0.25, 0.3) is 0 Å². The SMILES string of the molecule is CC(C)(C)c1ccc(C(C)(C)C)c(O)c1N. The van der Waals surface area contributed by atoms with Crippen LogP contribution in [0.4, 0.5) is 5.69 Å². The highest BCUT2D eigenvalue weighted by Gasteiger charge is 2.24. The molecule has 1 aromatic carbocycles. The van der Waals surface area contributed by atoms with Crippen molar-refractivity contribution in [3.8, 4) is 5.75 Å². The molecular formula is C14H23NO. The van der Waals surface area contributed by atoms with Gasteiger partial charge in [-0.05, 0) is 16.4 Å². The van der Waals surface area contributed by atoms with Gasteiger partial charge in [0.2, 0.25) is 0 Å². The van der Waals surface area contributed by atoms with Gasteiger partial charge in [-0.1, -0.05) is 53.7 Å². The molecule has 0 amide bonds. The van der Waals surface area contributed by atoms with Gasteiger partial charge in [0.05, 0.1) is 5.69 Å². The Morgan fingerprint density at radius 3 is 1.62 bits per heavy atom. The van der Waals surface area contributed by atoms with E-state index < -0.39 is 0 Å². The summed E-state index contributed by atoms with van der Waals surface area (Å²) >= 11 is 0. The second-order valence-electron chi connectivity index (χ2n) is 6.42. The van der Waals surface area contributed by atoms with Crippen molar-refractivity contribution in [2.45, 2.75) is 52.4 Å². The molecule has 0 aromatic heterocycles. The van der Waals surface area contributed by atoms with Gasteiger partial charge in [-0.3, -0.25) is 0 Å². The molecule has 0 saturated heterocycles. The average Bonchev–Trinajstić information content (AvgIpc) is 2.05.